The van der Waals surface area contributed by atoms with E-state index in [1.165, 1.54) is 5.56 Å². The summed E-state index contributed by atoms with van der Waals surface area (Å²) in [6.45, 7) is 7.16. The van der Waals surface area contributed by atoms with Crippen LogP contribution >= 0.6 is 0 Å². The van der Waals surface area contributed by atoms with Crippen LogP contribution in [-0.4, -0.2) is 97.8 Å². The number of hydrogen-bond acceptors (Lipinski definition) is 6. The number of nitrogens with one attached hydrogen (secondary N) is 3. The Morgan fingerprint density at radius 2 is 1.76 bits per heavy atom. The quantitative estimate of drug-likeness (QED) is 0.394. The highest BCUT2D eigenvalue weighted by Crippen LogP contribution is 2.33. The van der Waals surface area contributed by atoms with Crippen LogP contribution in [0.3, 0.4) is 0 Å². The molecule has 238 valence electrons. The molecular weight excluding hydrogens is 573 g/mol. The van der Waals surface area contributed by atoms with Gasteiger partial charge in [0.2, 0.25) is 11.8 Å². The Morgan fingerprint density at radius 1 is 1.02 bits per heavy atom. The van der Waals surface area contributed by atoms with Gasteiger partial charge >= 0.3 is 0 Å². The number of halogens is 1. The number of morpholine rings is 1. The molecule has 3 heterocycles. The topological polar surface area (TPSA) is 103 Å². The lowest BCUT2D eigenvalue weighted by molar-refractivity contribution is -0.133. The van der Waals surface area contributed by atoms with Crippen molar-refractivity contribution < 1.29 is 23.5 Å². The van der Waals surface area contributed by atoms with E-state index in [-0.39, 0.29) is 48.7 Å². The van der Waals surface area contributed by atoms with Gasteiger partial charge < -0.3 is 25.6 Å². The SMILES string of the molecule is Cc1cc(C#Cc2ccc(CN3CCOCC3)cc2)ccc1C(=O)NC[C@H]1C[C@@H](NC(=O)C2CC(F)CN2)CN1C(=O)C1CC1. The van der Waals surface area contributed by atoms with Crippen LogP contribution in [0.25, 0.3) is 0 Å². The molecule has 1 aliphatic carbocycles. The number of carbonyl (C=O) groups excluding carboxylic acids is 3. The van der Waals surface area contributed by atoms with Crippen LogP contribution < -0.4 is 16.0 Å². The molecule has 3 amide bonds. The van der Waals surface area contributed by atoms with Gasteiger partial charge in [0.15, 0.2) is 0 Å². The fourth-order valence-corrected chi connectivity index (χ4v) is 6.40. The highest BCUT2D eigenvalue weighted by molar-refractivity contribution is 5.95. The molecule has 2 aromatic rings. The molecule has 4 aliphatic rings. The van der Waals surface area contributed by atoms with E-state index >= 15 is 0 Å². The number of likely N-dealkylation sites (tertiary alicyclic amines) is 1. The molecule has 0 spiro atoms. The molecule has 9 nitrogen and oxygen atoms in total. The molecule has 3 saturated heterocycles. The van der Waals surface area contributed by atoms with Gasteiger partial charge in [-0.1, -0.05) is 24.0 Å². The minimum absolute atomic E-state index is 0.0328. The summed E-state index contributed by atoms with van der Waals surface area (Å²) in [5.41, 5.74) is 4.39. The van der Waals surface area contributed by atoms with E-state index in [1.807, 2.05) is 36.1 Å². The lowest BCUT2D eigenvalue weighted by atomic mass is 10.0. The van der Waals surface area contributed by atoms with E-state index in [9.17, 15) is 18.8 Å². The van der Waals surface area contributed by atoms with Crippen LogP contribution in [-0.2, 0) is 20.9 Å². The third kappa shape index (κ3) is 8.09. The molecule has 45 heavy (non-hydrogen) atoms. The maximum absolute atomic E-state index is 13.6. The average molecular weight is 616 g/mol. The number of nitrogens with zero attached hydrogens (tertiary/aromatic N) is 2. The smallest absolute Gasteiger partial charge is 0.251 e. The number of aryl methyl sites for hydroxylation is 1. The second-order valence-corrected chi connectivity index (χ2v) is 12.7. The summed E-state index contributed by atoms with van der Waals surface area (Å²) in [7, 11) is 0. The van der Waals surface area contributed by atoms with Crippen molar-refractivity contribution >= 4 is 17.7 Å². The third-order valence-corrected chi connectivity index (χ3v) is 9.15. The number of rotatable bonds is 8. The van der Waals surface area contributed by atoms with E-state index in [2.05, 4.69) is 44.8 Å². The zero-order valence-electron chi connectivity index (χ0n) is 25.8. The first-order valence-corrected chi connectivity index (χ1v) is 16.1. The van der Waals surface area contributed by atoms with Crippen LogP contribution in [0.1, 0.15) is 58.3 Å². The molecule has 0 radical (unpaired) electrons. The van der Waals surface area contributed by atoms with E-state index < -0.39 is 12.2 Å². The van der Waals surface area contributed by atoms with Gasteiger partial charge in [0, 0.05) is 74.3 Å². The van der Waals surface area contributed by atoms with Gasteiger partial charge in [0.05, 0.1) is 25.3 Å². The minimum atomic E-state index is -1.02. The molecule has 10 heteroatoms. The largest absolute Gasteiger partial charge is 0.379 e. The van der Waals surface area contributed by atoms with Crippen molar-refractivity contribution in [2.75, 3.05) is 45.9 Å². The number of amides is 3. The number of ether oxygens (including phenoxy) is 1. The molecule has 3 aliphatic heterocycles. The van der Waals surface area contributed by atoms with E-state index in [0.717, 1.165) is 62.4 Å². The standard InChI is InChI=1S/C35H42FN5O4/c1-23-16-25(5-2-24-3-6-26(7-4-24)21-40-12-14-45-15-13-40)8-11-31(23)33(42)38-20-30-18-29(22-41(30)35(44)27-9-10-27)39-34(43)32-17-28(36)19-37-32/h3-4,6-8,11,16,27-30,32,37H,9-10,12-15,17-22H2,1H3,(H,38,42)(H,39,43)/t28?,29-,30-,32?/m1/s1. The Morgan fingerprint density at radius 3 is 2.44 bits per heavy atom. The highest BCUT2D eigenvalue weighted by Gasteiger charge is 2.42. The lowest BCUT2D eigenvalue weighted by Gasteiger charge is -2.26. The van der Waals surface area contributed by atoms with Crippen LogP contribution in [0.15, 0.2) is 42.5 Å². The monoisotopic (exact) mass is 615 g/mol. The van der Waals surface area contributed by atoms with Crippen LogP contribution in [0.4, 0.5) is 4.39 Å². The normalized spacial score (nSPS) is 25.0. The summed E-state index contributed by atoms with van der Waals surface area (Å²) in [5.74, 6) is 6.11. The Hall–Kier alpha value is -3.78. The summed E-state index contributed by atoms with van der Waals surface area (Å²) < 4.78 is 19.0. The average Bonchev–Trinajstić information content (AvgIpc) is 3.68. The molecule has 3 N–H and O–H groups in total. The fraction of sp³-hybridized carbons (Fsp3) is 0.514. The molecule has 0 aromatic heterocycles. The molecule has 2 aromatic carbocycles. The zero-order valence-corrected chi connectivity index (χ0v) is 25.8. The number of hydrogen-bond donors (Lipinski definition) is 3. The van der Waals surface area contributed by atoms with Crippen molar-refractivity contribution in [1.29, 1.82) is 0 Å². The predicted octanol–water partition coefficient (Wildman–Crippen LogP) is 2.15. The van der Waals surface area contributed by atoms with Gasteiger partial charge in [-0.3, -0.25) is 19.3 Å². The Labute approximate surface area is 264 Å². The first-order chi connectivity index (χ1) is 21.8. The van der Waals surface area contributed by atoms with E-state index in [1.54, 1.807) is 6.07 Å². The summed E-state index contributed by atoms with van der Waals surface area (Å²) in [5, 5.41) is 8.93. The predicted molar refractivity (Wildman–Crippen MR) is 168 cm³/mol. The van der Waals surface area contributed by atoms with Crippen molar-refractivity contribution in [2.24, 2.45) is 5.92 Å². The Bertz CT molecular complexity index is 1460. The van der Waals surface area contributed by atoms with E-state index in [0.29, 0.717) is 25.1 Å². The zero-order chi connectivity index (χ0) is 31.3. The summed E-state index contributed by atoms with van der Waals surface area (Å²) in [4.78, 5) is 43.1. The Kier molecular flexibility index (Phi) is 9.79. The van der Waals surface area contributed by atoms with Crippen LogP contribution in [0, 0.1) is 24.7 Å². The van der Waals surface area contributed by atoms with Crippen LogP contribution in [0.2, 0.25) is 0 Å². The summed E-state index contributed by atoms with van der Waals surface area (Å²) in [6, 6.07) is 12.9. The molecule has 1 saturated carbocycles. The van der Waals surface area contributed by atoms with Crippen LogP contribution in [0.5, 0.6) is 0 Å². The maximum atomic E-state index is 13.6. The second-order valence-electron chi connectivity index (χ2n) is 12.7. The van der Waals surface area contributed by atoms with Gasteiger partial charge in [-0.25, -0.2) is 4.39 Å². The number of carbonyl (C=O) groups is 3. The molecule has 4 atom stereocenters. The number of alkyl halides is 1. The molecule has 0 bridgehead atoms. The van der Waals surface area contributed by atoms with Crippen molar-refractivity contribution in [3.05, 3.63) is 70.3 Å². The van der Waals surface area contributed by atoms with Gasteiger partial charge in [0.1, 0.15) is 6.17 Å². The maximum Gasteiger partial charge on any atom is 0.251 e. The fourth-order valence-electron chi connectivity index (χ4n) is 6.40. The molecule has 4 fully saturated rings. The minimum Gasteiger partial charge on any atom is -0.379 e. The van der Waals surface area contributed by atoms with Gasteiger partial charge in [-0.15, -0.1) is 0 Å². The highest BCUT2D eigenvalue weighted by atomic mass is 19.1. The summed E-state index contributed by atoms with van der Waals surface area (Å²) in [6.07, 6.45) is 1.44. The first-order valence-electron chi connectivity index (χ1n) is 16.1. The van der Waals surface area contributed by atoms with Crippen molar-refractivity contribution in [3.8, 4) is 11.8 Å². The molecule has 6 rings (SSSR count). The van der Waals surface area contributed by atoms with Gasteiger partial charge in [-0.2, -0.15) is 0 Å². The third-order valence-electron chi connectivity index (χ3n) is 9.15. The van der Waals surface area contributed by atoms with E-state index in [4.69, 9.17) is 4.74 Å². The summed E-state index contributed by atoms with van der Waals surface area (Å²) >= 11 is 0. The molecular formula is C35H42FN5O4. The van der Waals surface area contributed by atoms with Crippen molar-refractivity contribution in [2.45, 2.75) is 63.4 Å². The second kappa shape index (κ2) is 14.1. The Balaban J connectivity index is 1.03. The lowest BCUT2D eigenvalue weighted by Crippen LogP contribution is -2.46. The van der Waals surface area contributed by atoms with Gasteiger partial charge in [0.25, 0.3) is 5.91 Å². The van der Waals surface area contributed by atoms with Gasteiger partial charge in [-0.05, 0) is 67.6 Å². The van der Waals surface area contributed by atoms with Crippen molar-refractivity contribution in [1.82, 2.24) is 25.8 Å². The first kappa shape index (κ1) is 31.2. The number of benzene rings is 2. The van der Waals surface area contributed by atoms with Crippen molar-refractivity contribution in [3.63, 3.8) is 0 Å². The molecule has 2 unspecified atom stereocenters.